The maximum Gasteiger partial charge on any atom is 0.229 e. The van der Waals surface area contributed by atoms with Crippen molar-refractivity contribution in [3.8, 4) is 0 Å². The van der Waals surface area contributed by atoms with E-state index in [0.717, 1.165) is 11.3 Å². The zero-order valence-electron chi connectivity index (χ0n) is 15.7. The Hall–Kier alpha value is -1.86. The number of amides is 1. The van der Waals surface area contributed by atoms with E-state index in [4.69, 9.17) is 11.6 Å². The fourth-order valence-corrected chi connectivity index (χ4v) is 4.89. The number of benzene rings is 1. The zero-order valence-corrected chi connectivity index (χ0v) is 17.3. The number of hydrogen-bond donors (Lipinski definition) is 1. The van der Waals surface area contributed by atoms with Crippen LogP contribution in [0.15, 0.2) is 30.3 Å². The summed E-state index contributed by atoms with van der Waals surface area (Å²) in [6, 6.07) is 8.69. The van der Waals surface area contributed by atoms with Crippen LogP contribution in [0.5, 0.6) is 0 Å². The predicted octanol–water partition coefficient (Wildman–Crippen LogP) is 3.37. The number of hydrogen-bond acceptors (Lipinski definition) is 4. The van der Waals surface area contributed by atoms with Crippen molar-refractivity contribution in [2.45, 2.75) is 45.1 Å². The molecule has 1 atom stereocenters. The summed E-state index contributed by atoms with van der Waals surface area (Å²) >= 11 is 5.88. The zero-order chi connectivity index (χ0) is 19.8. The molecule has 1 amide bonds. The van der Waals surface area contributed by atoms with Gasteiger partial charge in [-0.15, -0.1) is 0 Å². The molecule has 1 aliphatic rings. The van der Waals surface area contributed by atoms with Gasteiger partial charge in [0.2, 0.25) is 5.91 Å². The van der Waals surface area contributed by atoms with Gasteiger partial charge in [0.25, 0.3) is 0 Å². The molecule has 0 bridgehead atoms. The van der Waals surface area contributed by atoms with Crippen molar-refractivity contribution in [3.63, 3.8) is 0 Å². The molecule has 1 fully saturated rings. The highest BCUT2D eigenvalue weighted by Gasteiger charge is 2.32. The van der Waals surface area contributed by atoms with Crippen LogP contribution >= 0.6 is 11.6 Å². The first-order chi connectivity index (χ1) is 12.5. The minimum absolute atomic E-state index is 0.0539. The average molecular weight is 410 g/mol. The lowest BCUT2D eigenvalue weighted by atomic mass is 9.92. The molecule has 1 N–H and O–H groups in total. The molecule has 0 spiro atoms. The Labute approximate surface area is 164 Å². The molecule has 0 unspecified atom stereocenters. The van der Waals surface area contributed by atoms with Gasteiger partial charge < -0.3 is 5.32 Å². The third-order valence-corrected chi connectivity index (χ3v) is 6.61. The van der Waals surface area contributed by atoms with Crippen LogP contribution in [0.4, 0.5) is 5.82 Å². The van der Waals surface area contributed by atoms with Crippen LogP contribution in [0.25, 0.3) is 0 Å². The van der Waals surface area contributed by atoms with E-state index >= 15 is 0 Å². The van der Waals surface area contributed by atoms with Crippen molar-refractivity contribution in [2.24, 2.45) is 0 Å². The Kier molecular flexibility index (Phi) is 5.36. The van der Waals surface area contributed by atoms with Crippen molar-refractivity contribution in [1.29, 1.82) is 0 Å². The van der Waals surface area contributed by atoms with Crippen molar-refractivity contribution in [3.05, 3.63) is 46.6 Å². The third-order valence-electron chi connectivity index (χ3n) is 4.60. The van der Waals surface area contributed by atoms with Gasteiger partial charge in [0, 0.05) is 16.5 Å². The van der Waals surface area contributed by atoms with Gasteiger partial charge in [0.1, 0.15) is 5.82 Å². The molecule has 2 heterocycles. The smallest absolute Gasteiger partial charge is 0.229 e. The molecule has 0 aliphatic carbocycles. The van der Waals surface area contributed by atoms with Gasteiger partial charge in [0.05, 0.1) is 29.7 Å². The summed E-state index contributed by atoms with van der Waals surface area (Å²) < 4.78 is 25.4. The number of aromatic nitrogens is 2. The first-order valence-electron chi connectivity index (χ1n) is 8.88. The summed E-state index contributed by atoms with van der Waals surface area (Å²) in [7, 11) is -3.05. The van der Waals surface area contributed by atoms with Crippen molar-refractivity contribution in [1.82, 2.24) is 9.78 Å². The maximum atomic E-state index is 12.5. The molecule has 1 saturated heterocycles. The number of carbonyl (C=O) groups excluding carboxylic acids is 1. The van der Waals surface area contributed by atoms with Gasteiger partial charge in [-0.1, -0.05) is 44.5 Å². The number of nitrogens with zero attached hydrogens (tertiary/aromatic N) is 2. The second-order valence-corrected chi connectivity index (χ2v) is 10.7. The van der Waals surface area contributed by atoms with Crippen molar-refractivity contribution in [2.75, 3.05) is 16.8 Å². The summed E-state index contributed by atoms with van der Waals surface area (Å²) in [5.41, 5.74) is 1.45. The second-order valence-electron chi connectivity index (χ2n) is 8.02. The van der Waals surface area contributed by atoms with E-state index in [1.54, 1.807) is 16.8 Å². The van der Waals surface area contributed by atoms with Crippen LogP contribution in [0, 0.1) is 0 Å². The number of rotatable bonds is 4. The molecular formula is C19H24ClN3O3S. The molecule has 8 heteroatoms. The highest BCUT2D eigenvalue weighted by atomic mass is 35.5. The molecular weight excluding hydrogens is 386 g/mol. The summed E-state index contributed by atoms with van der Waals surface area (Å²) in [5, 5.41) is 8.14. The van der Waals surface area contributed by atoms with Gasteiger partial charge in [-0.2, -0.15) is 5.10 Å². The van der Waals surface area contributed by atoms with Crippen LogP contribution in [-0.2, 0) is 26.5 Å². The summed E-state index contributed by atoms with van der Waals surface area (Å²) in [5.74, 6) is 0.569. The molecule has 146 valence electrons. The van der Waals surface area contributed by atoms with Crippen LogP contribution < -0.4 is 5.32 Å². The molecule has 27 heavy (non-hydrogen) atoms. The molecule has 0 saturated carbocycles. The Balaban J connectivity index is 1.83. The van der Waals surface area contributed by atoms with E-state index in [9.17, 15) is 13.2 Å². The highest BCUT2D eigenvalue weighted by Crippen LogP contribution is 2.31. The topological polar surface area (TPSA) is 81.1 Å². The maximum absolute atomic E-state index is 12.5. The number of nitrogens with one attached hydrogen (secondary N) is 1. The first kappa shape index (κ1) is 19.9. The fraction of sp³-hybridized carbons (Fsp3) is 0.474. The lowest BCUT2D eigenvalue weighted by Crippen LogP contribution is -2.21. The summed E-state index contributed by atoms with van der Waals surface area (Å²) in [4.78, 5) is 12.5. The highest BCUT2D eigenvalue weighted by molar-refractivity contribution is 7.91. The number of sulfone groups is 1. The summed E-state index contributed by atoms with van der Waals surface area (Å²) in [6.07, 6.45) is 0.712. The summed E-state index contributed by atoms with van der Waals surface area (Å²) in [6.45, 7) is 6.10. The third kappa shape index (κ3) is 4.90. The molecule has 3 rings (SSSR count). The van der Waals surface area contributed by atoms with Gasteiger partial charge in [0.15, 0.2) is 9.84 Å². The van der Waals surface area contributed by atoms with Gasteiger partial charge in [-0.05, 0) is 24.1 Å². The SMILES string of the molecule is CC(C)(C)c1cc(NC(=O)Cc2ccc(Cl)cc2)n([C@H]2CCS(=O)(=O)C2)n1. The molecule has 6 nitrogen and oxygen atoms in total. The molecule has 2 aromatic rings. The lowest BCUT2D eigenvalue weighted by molar-refractivity contribution is -0.115. The van der Waals surface area contributed by atoms with Crippen molar-refractivity contribution >= 4 is 33.2 Å². The Bertz CT molecular complexity index is 944. The Morgan fingerprint density at radius 3 is 2.52 bits per heavy atom. The number of halogens is 1. The van der Waals surface area contributed by atoms with E-state index in [0.29, 0.717) is 17.3 Å². The van der Waals surface area contributed by atoms with Crippen molar-refractivity contribution < 1.29 is 13.2 Å². The Morgan fingerprint density at radius 1 is 1.30 bits per heavy atom. The first-order valence-corrected chi connectivity index (χ1v) is 11.1. The van der Waals surface area contributed by atoms with E-state index in [1.165, 1.54) is 0 Å². The Morgan fingerprint density at radius 2 is 1.96 bits per heavy atom. The largest absolute Gasteiger partial charge is 0.311 e. The van der Waals surface area contributed by atoms with Crippen LogP contribution in [0.1, 0.15) is 44.5 Å². The monoisotopic (exact) mass is 409 g/mol. The van der Waals surface area contributed by atoms with Crippen LogP contribution in [0.2, 0.25) is 5.02 Å². The second kappa shape index (κ2) is 7.28. The van der Waals surface area contributed by atoms with E-state index < -0.39 is 9.84 Å². The van der Waals surface area contributed by atoms with Crippen LogP contribution in [-0.4, -0.2) is 35.6 Å². The van der Waals surface area contributed by atoms with Gasteiger partial charge >= 0.3 is 0 Å². The standard InChI is InChI=1S/C19H24ClN3O3S/c1-19(2,3)16-11-17(23(22-16)15-8-9-27(25,26)12-15)21-18(24)10-13-4-6-14(20)7-5-13/h4-7,11,15H,8-10,12H2,1-3H3,(H,21,24)/t15-/m0/s1. The molecule has 0 radical (unpaired) electrons. The normalized spacial score (nSPS) is 19.2. The lowest BCUT2D eigenvalue weighted by Gasteiger charge is -2.15. The van der Waals surface area contributed by atoms with Crippen LogP contribution in [0.3, 0.4) is 0 Å². The van der Waals surface area contributed by atoms with Gasteiger partial charge in [-0.25, -0.2) is 13.1 Å². The predicted molar refractivity (Wildman–Crippen MR) is 107 cm³/mol. The van der Waals surface area contributed by atoms with E-state index in [-0.39, 0.29) is 35.3 Å². The van der Waals surface area contributed by atoms with E-state index in [1.807, 2.05) is 39.0 Å². The van der Waals surface area contributed by atoms with E-state index in [2.05, 4.69) is 10.4 Å². The number of anilines is 1. The average Bonchev–Trinajstić information content (AvgIpc) is 3.12. The number of carbonyl (C=O) groups is 1. The molecule has 1 aromatic carbocycles. The quantitative estimate of drug-likeness (QED) is 0.839. The van der Waals surface area contributed by atoms with Gasteiger partial charge in [-0.3, -0.25) is 4.79 Å². The minimum atomic E-state index is -3.05. The minimum Gasteiger partial charge on any atom is -0.311 e. The fourth-order valence-electron chi connectivity index (χ4n) is 3.08. The molecule has 1 aromatic heterocycles. The molecule has 1 aliphatic heterocycles.